The zero-order valence-corrected chi connectivity index (χ0v) is 18.7. The molecule has 0 atom stereocenters. The molecule has 0 unspecified atom stereocenters. The minimum absolute atomic E-state index is 0.195. The Morgan fingerprint density at radius 1 is 0.939 bits per heavy atom. The molecule has 0 aliphatic carbocycles. The van der Waals surface area contributed by atoms with Crippen molar-refractivity contribution in [2.75, 3.05) is 10.0 Å². The second-order valence-corrected chi connectivity index (χ2v) is 9.15. The summed E-state index contributed by atoms with van der Waals surface area (Å²) in [5, 5.41) is 2.06. The van der Waals surface area contributed by atoms with Crippen LogP contribution in [0.3, 0.4) is 0 Å². The van der Waals surface area contributed by atoms with Crippen molar-refractivity contribution in [3.05, 3.63) is 94.5 Å². The van der Waals surface area contributed by atoms with Crippen molar-refractivity contribution >= 4 is 45.0 Å². The molecule has 5 nitrogen and oxygen atoms in total. The van der Waals surface area contributed by atoms with Crippen LogP contribution in [0.15, 0.2) is 77.7 Å². The second kappa shape index (κ2) is 9.68. The number of benzene rings is 3. The van der Waals surface area contributed by atoms with Gasteiger partial charge in [0.15, 0.2) is 0 Å². The number of hydrogen-bond donors (Lipinski definition) is 2. The van der Waals surface area contributed by atoms with Crippen LogP contribution >= 0.6 is 11.6 Å². The number of carbonyl (C=O) groups is 1. The zero-order valence-electron chi connectivity index (χ0n) is 17.2. The van der Waals surface area contributed by atoms with Crippen molar-refractivity contribution in [2.24, 2.45) is 0 Å². The number of alkyl halides is 3. The van der Waals surface area contributed by atoms with Crippen LogP contribution in [0.1, 0.15) is 16.7 Å². The molecule has 3 rings (SSSR count). The fourth-order valence-electron chi connectivity index (χ4n) is 2.77. The molecule has 3 aromatic rings. The van der Waals surface area contributed by atoms with E-state index in [0.29, 0.717) is 11.8 Å². The van der Waals surface area contributed by atoms with Crippen molar-refractivity contribution in [3.8, 4) is 0 Å². The molecule has 2 N–H and O–H groups in total. The number of carbonyl (C=O) groups excluding carboxylic acids is 1. The number of hydrogen-bond acceptors (Lipinski definition) is 3. The normalized spacial score (nSPS) is 12.0. The van der Waals surface area contributed by atoms with Gasteiger partial charge < -0.3 is 5.32 Å². The van der Waals surface area contributed by atoms with Gasteiger partial charge in [-0.2, -0.15) is 13.2 Å². The van der Waals surface area contributed by atoms with Crippen LogP contribution in [0.5, 0.6) is 0 Å². The molecule has 33 heavy (non-hydrogen) atoms. The quantitative estimate of drug-likeness (QED) is 0.405. The molecule has 0 saturated carbocycles. The summed E-state index contributed by atoms with van der Waals surface area (Å²) in [7, 11) is -4.17. The van der Waals surface area contributed by atoms with Gasteiger partial charge in [0.05, 0.1) is 15.5 Å². The summed E-state index contributed by atoms with van der Waals surface area (Å²) in [6.07, 6.45) is -1.75. The maximum atomic E-state index is 13.0. The first-order valence-electron chi connectivity index (χ1n) is 9.49. The molecule has 0 aromatic heterocycles. The van der Waals surface area contributed by atoms with E-state index in [4.69, 9.17) is 11.6 Å². The fourth-order valence-corrected chi connectivity index (χ4v) is 4.05. The summed E-state index contributed by atoms with van der Waals surface area (Å²) >= 11 is 5.55. The van der Waals surface area contributed by atoms with E-state index in [9.17, 15) is 26.4 Å². The van der Waals surface area contributed by atoms with Crippen LogP contribution in [0.4, 0.5) is 24.5 Å². The van der Waals surface area contributed by atoms with Crippen LogP contribution in [0.25, 0.3) is 6.08 Å². The first-order valence-corrected chi connectivity index (χ1v) is 11.4. The van der Waals surface area contributed by atoms with Gasteiger partial charge in [0.2, 0.25) is 5.91 Å². The molecule has 0 radical (unpaired) electrons. The first-order chi connectivity index (χ1) is 15.4. The van der Waals surface area contributed by atoms with E-state index in [1.54, 1.807) is 6.08 Å². The molecule has 1 amide bonds. The summed E-state index contributed by atoms with van der Waals surface area (Å²) in [6, 6.07) is 15.5. The molecule has 0 saturated heterocycles. The van der Waals surface area contributed by atoms with E-state index in [2.05, 4.69) is 10.0 Å². The number of halogens is 4. The Hall–Kier alpha value is -3.30. The average molecular weight is 495 g/mol. The lowest BCUT2D eigenvalue weighted by atomic mass is 10.1. The van der Waals surface area contributed by atoms with E-state index in [1.807, 2.05) is 31.2 Å². The van der Waals surface area contributed by atoms with E-state index in [-0.39, 0.29) is 10.6 Å². The summed E-state index contributed by atoms with van der Waals surface area (Å²) in [4.78, 5) is 11.9. The monoisotopic (exact) mass is 494 g/mol. The highest BCUT2D eigenvalue weighted by molar-refractivity contribution is 7.92. The highest BCUT2D eigenvalue weighted by atomic mass is 35.5. The maximum absolute atomic E-state index is 13.0. The minimum atomic E-state index is -4.73. The molecule has 0 bridgehead atoms. The van der Waals surface area contributed by atoms with Gasteiger partial charge >= 0.3 is 6.18 Å². The Labute approximate surface area is 194 Å². The number of anilines is 2. The third-order valence-corrected chi connectivity index (χ3v) is 6.19. The summed E-state index contributed by atoms with van der Waals surface area (Å²) in [5.41, 5.74) is 0.849. The van der Waals surface area contributed by atoms with Gasteiger partial charge in [-0.1, -0.05) is 41.4 Å². The van der Waals surface area contributed by atoms with Crippen LogP contribution in [-0.4, -0.2) is 14.3 Å². The fraction of sp³-hybridized carbons (Fsp3) is 0.0870. The number of rotatable bonds is 6. The van der Waals surface area contributed by atoms with Gasteiger partial charge in [0.1, 0.15) is 0 Å². The second-order valence-electron chi connectivity index (χ2n) is 7.06. The topological polar surface area (TPSA) is 75.3 Å². The van der Waals surface area contributed by atoms with E-state index in [1.165, 1.54) is 30.3 Å². The highest BCUT2D eigenvalue weighted by Gasteiger charge is 2.33. The molecule has 0 aliphatic rings. The molecule has 0 heterocycles. The highest BCUT2D eigenvalue weighted by Crippen LogP contribution is 2.36. The van der Waals surface area contributed by atoms with Crippen molar-refractivity contribution in [1.82, 2.24) is 0 Å². The van der Waals surface area contributed by atoms with E-state index < -0.39 is 32.7 Å². The number of nitrogens with one attached hydrogen (secondary N) is 2. The van der Waals surface area contributed by atoms with Crippen molar-refractivity contribution in [1.29, 1.82) is 0 Å². The third-order valence-electron chi connectivity index (χ3n) is 4.46. The number of sulfonamides is 1. The van der Waals surface area contributed by atoms with Gasteiger partial charge in [-0.05, 0) is 61.0 Å². The third kappa shape index (κ3) is 6.59. The molecule has 3 aromatic carbocycles. The van der Waals surface area contributed by atoms with Gasteiger partial charge in [0, 0.05) is 17.5 Å². The van der Waals surface area contributed by atoms with Gasteiger partial charge in [-0.25, -0.2) is 8.42 Å². The lowest BCUT2D eigenvalue weighted by Gasteiger charge is -2.13. The molecular weight excluding hydrogens is 477 g/mol. The van der Waals surface area contributed by atoms with Gasteiger partial charge in [-0.15, -0.1) is 0 Å². The summed E-state index contributed by atoms with van der Waals surface area (Å²) < 4.78 is 66.2. The molecule has 10 heteroatoms. The zero-order chi connectivity index (χ0) is 24.2. The Balaban J connectivity index is 1.68. The standard InChI is InChI=1S/C23H18ClF3N2O3S/c1-15-2-4-16(5-3-15)6-13-22(30)28-17-7-10-19(11-8-17)33(31,32)29-18-9-12-21(24)20(14-18)23(25,26)27/h2-14,29H,1H3,(H,28,30)/b13-6+. The number of amides is 1. The van der Waals surface area contributed by atoms with E-state index in [0.717, 1.165) is 23.3 Å². The lowest BCUT2D eigenvalue weighted by Crippen LogP contribution is -2.14. The van der Waals surface area contributed by atoms with E-state index >= 15 is 0 Å². The van der Waals surface area contributed by atoms with Gasteiger partial charge in [-0.3, -0.25) is 9.52 Å². The smallest absolute Gasteiger partial charge is 0.323 e. The van der Waals surface area contributed by atoms with Crippen LogP contribution in [-0.2, 0) is 21.0 Å². The molecule has 172 valence electrons. The maximum Gasteiger partial charge on any atom is 0.417 e. The van der Waals surface area contributed by atoms with Crippen LogP contribution in [0, 0.1) is 6.92 Å². The van der Waals surface area contributed by atoms with Crippen LogP contribution < -0.4 is 10.0 Å². The molecule has 0 aliphatic heterocycles. The Kier molecular flexibility index (Phi) is 7.14. The number of aryl methyl sites for hydroxylation is 1. The Bertz CT molecular complexity index is 1290. The largest absolute Gasteiger partial charge is 0.417 e. The predicted molar refractivity (Wildman–Crippen MR) is 123 cm³/mol. The van der Waals surface area contributed by atoms with Crippen molar-refractivity contribution < 1.29 is 26.4 Å². The molecular formula is C23H18ClF3N2O3S. The molecule has 0 fully saturated rings. The Morgan fingerprint density at radius 3 is 2.15 bits per heavy atom. The van der Waals surface area contributed by atoms with Crippen LogP contribution in [0.2, 0.25) is 5.02 Å². The lowest BCUT2D eigenvalue weighted by molar-refractivity contribution is -0.137. The summed E-state index contributed by atoms with van der Waals surface area (Å²) in [5.74, 6) is -0.412. The summed E-state index contributed by atoms with van der Waals surface area (Å²) in [6.45, 7) is 1.95. The average Bonchev–Trinajstić information content (AvgIpc) is 2.74. The SMILES string of the molecule is Cc1ccc(/C=C/C(=O)Nc2ccc(S(=O)(=O)Nc3ccc(Cl)c(C(F)(F)F)c3)cc2)cc1. The Morgan fingerprint density at radius 2 is 1.55 bits per heavy atom. The minimum Gasteiger partial charge on any atom is -0.323 e. The van der Waals surface area contributed by atoms with Gasteiger partial charge in [0.25, 0.3) is 10.0 Å². The predicted octanol–water partition coefficient (Wildman–Crippen LogP) is 6.12. The van der Waals surface area contributed by atoms with Crippen molar-refractivity contribution in [2.45, 2.75) is 18.0 Å². The van der Waals surface area contributed by atoms with Crippen molar-refractivity contribution in [3.63, 3.8) is 0 Å². The first kappa shape index (κ1) is 24.3. The molecule has 0 spiro atoms.